The Morgan fingerprint density at radius 1 is 1.32 bits per heavy atom. The van der Waals surface area contributed by atoms with Crippen LogP contribution in [0.2, 0.25) is 5.15 Å². The van der Waals surface area contributed by atoms with Gasteiger partial charge in [-0.2, -0.15) is 0 Å². The van der Waals surface area contributed by atoms with Gasteiger partial charge in [-0.1, -0.05) is 11.6 Å². The molecule has 1 aromatic carbocycles. The Hall–Kier alpha value is -2.41. The molecule has 0 aliphatic carbocycles. The van der Waals surface area contributed by atoms with E-state index in [1.54, 1.807) is 6.07 Å². The number of nitrogen functional groups attached to an aromatic ring is 1. The first-order valence-corrected chi connectivity index (χ1v) is 8.21. The number of nitrogens with one attached hydrogen (secondary N) is 1. The zero-order valence-electron chi connectivity index (χ0n) is 13.3. The molecule has 1 amide bonds. The minimum atomic E-state index is -0.860. The zero-order chi connectivity index (χ0) is 18.0. The lowest BCUT2D eigenvalue weighted by molar-refractivity contribution is 0.0948. The van der Waals surface area contributed by atoms with Crippen molar-refractivity contribution >= 4 is 29.0 Å². The smallest absolute Gasteiger partial charge is 0.251 e. The van der Waals surface area contributed by atoms with Gasteiger partial charge < -0.3 is 16.0 Å². The molecule has 0 bridgehead atoms. The Labute approximate surface area is 148 Å². The third-order valence-electron chi connectivity index (χ3n) is 4.18. The van der Waals surface area contributed by atoms with Crippen molar-refractivity contribution in [1.82, 2.24) is 10.3 Å². The Morgan fingerprint density at radius 2 is 2.12 bits per heavy atom. The third-order valence-corrected chi connectivity index (χ3v) is 4.38. The summed E-state index contributed by atoms with van der Waals surface area (Å²) in [6, 6.07) is 6.79. The SMILES string of the molecule is Nc1cc(C(=O)NCC2CCN(c3ccc(F)c(F)c3)C2)cc(Cl)n1. The molecule has 3 rings (SSSR count). The van der Waals surface area contributed by atoms with Gasteiger partial charge in [-0.15, -0.1) is 0 Å². The van der Waals surface area contributed by atoms with Gasteiger partial charge in [0, 0.05) is 37.0 Å². The van der Waals surface area contributed by atoms with E-state index in [0.29, 0.717) is 24.3 Å². The summed E-state index contributed by atoms with van der Waals surface area (Å²) in [6.07, 6.45) is 0.846. The van der Waals surface area contributed by atoms with Crippen molar-refractivity contribution < 1.29 is 13.6 Å². The second-order valence-corrected chi connectivity index (χ2v) is 6.40. The van der Waals surface area contributed by atoms with Crippen molar-refractivity contribution in [1.29, 1.82) is 0 Å². The minimum absolute atomic E-state index is 0.163. The Bertz CT molecular complexity index is 782. The lowest BCUT2D eigenvalue weighted by Gasteiger charge is -2.19. The molecular formula is C17H17ClF2N4O. The molecule has 1 aliphatic rings. The number of rotatable bonds is 4. The topological polar surface area (TPSA) is 71.2 Å². The Balaban J connectivity index is 1.56. The van der Waals surface area contributed by atoms with Crippen molar-refractivity contribution in [3.8, 4) is 0 Å². The molecule has 8 heteroatoms. The fourth-order valence-electron chi connectivity index (χ4n) is 2.90. The number of hydrogen-bond acceptors (Lipinski definition) is 4. The largest absolute Gasteiger partial charge is 0.384 e. The van der Waals surface area contributed by atoms with E-state index in [1.807, 2.05) is 4.90 Å². The number of anilines is 2. The van der Waals surface area contributed by atoms with Crippen LogP contribution in [0, 0.1) is 17.6 Å². The van der Waals surface area contributed by atoms with Crippen molar-refractivity contribution in [2.75, 3.05) is 30.3 Å². The van der Waals surface area contributed by atoms with Crippen LogP contribution in [0.5, 0.6) is 0 Å². The van der Waals surface area contributed by atoms with Crippen molar-refractivity contribution in [2.45, 2.75) is 6.42 Å². The highest BCUT2D eigenvalue weighted by molar-refractivity contribution is 6.29. The van der Waals surface area contributed by atoms with Crippen molar-refractivity contribution in [2.24, 2.45) is 5.92 Å². The van der Waals surface area contributed by atoms with Gasteiger partial charge in [0.1, 0.15) is 11.0 Å². The van der Waals surface area contributed by atoms with Gasteiger partial charge in [0.15, 0.2) is 11.6 Å². The summed E-state index contributed by atoms with van der Waals surface area (Å²) in [5.41, 5.74) is 6.58. The molecule has 2 aromatic rings. The van der Waals surface area contributed by atoms with E-state index in [4.69, 9.17) is 17.3 Å². The van der Waals surface area contributed by atoms with Gasteiger partial charge >= 0.3 is 0 Å². The van der Waals surface area contributed by atoms with Crippen LogP contribution in [0.25, 0.3) is 0 Å². The molecule has 1 aromatic heterocycles. The highest BCUT2D eigenvalue weighted by Gasteiger charge is 2.24. The number of nitrogens with two attached hydrogens (primary N) is 1. The highest BCUT2D eigenvalue weighted by Crippen LogP contribution is 2.25. The first kappa shape index (κ1) is 17.4. The second-order valence-electron chi connectivity index (χ2n) is 6.01. The number of halogens is 3. The van der Waals surface area contributed by atoms with Gasteiger partial charge in [-0.25, -0.2) is 13.8 Å². The molecule has 2 heterocycles. The van der Waals surface area contributed by atoms with E-state index >= 15 is 0 Å². The van der Waals surface area contributed by atoms with Crippen LogP contribution in [0.4, 0.5) is 20.3 Å². The van der Waals surface area contributed by atoms with E-state index in [9.17, 15) is 13.6 Å². The zero-order valence-corrected chi connectivity index (χ0v) is 14.1. The summed E-state index contributed by atoms with van der Waals surface area (Å²) in [7, 11) is 0. The van der Waals surface area contributed by atoms with Crippen LogP contribution in [0.3, 0.4) is 0 Å². The molecule has 0 saturated carbocycles. The second kappa shape index (κ2) is 7.23. The number of benzene rings is 1. The molecule has 3 N–H and O–H groups in total. The van der Waals surface area contributed by atoms with Gasteiger partial charge in [0.25, 0.3) is 5.91 Å². The van der Waals surface area contributed by atoms with Crippen LogP contribution >= 0.6 is 11.6 Å². The molecule has 1 atom stereocenters. The predicted octanol–water partition coefficient (Wildman–Crippen LogP) is 2.85. The van der Waals surface area contributed by atoms with Gasteiger partial charge in [0.05, 0.1) is 0 Å². The summed E-state index contributed by atoms with van der Waals surface area (Å²) in [5, 5.41) is 3.01. The van der Waals surface area contributed by atoms with E-state index in [0.717, 1.165) is 19.0 Å². The number of pyridine rings is 1. The van der Waals surface area contributed by atoms with Gasteiger partial charge in [-0.05, 0) is 36.6 Å². The van der Waals surface area contributed by atoms with E-state index in [2.05, 4.69) is 10.3 Å². The maximum Gasteiger partial charge on any atom is 0.251 e. The van der Waals surface area contributed by atoms with Crippen LogP contribution < -0.4 is 16.0 Å². The lowest BCUT2D eigenvalue weighted by Crippen LogP contribution is -2.31. The molecule has 1 unspecified atom stereocenters. The number of carbonyl (C=O) groups excluding carboxylic acids is 1. The molecule has 1 fully saturated rings. The Morgan fingerprint density at radius 3 is 2.84 bits per heavy atom. The monoisotopic (exact) mass is 366 g/mol. The minimum Gasteiger partial charge on any atom is -0.384 e. The summed E-state index contributed by atoms with van der Waals surface area (Å²) in [6.45, 7) is 1.85. The molecule has 1 saturated heterocycles. The maximum absolute atomic E-state index is 13.4. The summed E-state index contributed by atoms with van der Waals surface area (Å²) >= 11 is 5.80. The van der Waals surface area contributed by atoms with Crippen molar-refractivity contribution in [3.63, 3.8) is 0 Å². The standard InChI is InChI=1S/C17H17ClF2N4O/c18-15-5-11(6-16(21)23-15)17(25)22-8-10-3-4-24(9-10)12-1-2-13(19)14(20)7-12/h1-2,5-7,10H,3-4,8-9H2,(H2,21,23)(H,22,25). The number of nitrogens with zero attached hydrogens (tertiary/aromatic N) is 2. The number of carbonyl (C=O) groups is 1. The van der Waals surface area contributed by atoms with Gasteiger partial charge in [0.2, 0.25) is 0 Å². The van der Waals surface area contributed by atoms with Crippen LogP contribution in [0.15, 0.2) is 30.3 Å². The van der Waals surface area contributed by atoms with Gasteiger partial charge in [-0.3, -0.25) is 4.79 Å². The van der Waals surface area contributed by atoms with Crippen LogP contribution in [-0.4, -0.2) is 30.5 Å². The highest BCUT2D eigenvalue weighted by atomic mass is 35.5. The van der Waals surface area contributed by atoms with Crippen molar-refractivity contribution in [3.05, 3.63) is 52.7 Å². The summed E-state index contributed by atoms with van der Waals surface area (Å²) in [4.78, 5) is 18.0. The normalized spacial score (nSPS) is 16.9. The van der Waals surface area contributed by atoms with E-state index in [-0.39, 0.29) is 22.8 Å². The number of amides is 1. The fourth-order valence-corrected chi connectivity index (χ4v) is 3.12. The maximum atomic E-state index is 13.4. The molecular weight excluding hydrogens is 350 g/mol. The lowest BCUT2D eigenvalue weighted by atomic mass is 10.1. The van der Waals surface area contributed by atoms with Crippen LogP contribution in [-0.2, 0) is 0 Å². The number of hydrogen-bond donors (Lipinski definition) is 2. The molecule has 1 aliphatic heterocycles. The molecule has 0 spiro atoms. The van der Waals surface area contributed by atoms with Crippen LogP contribution in [0.1, 0.15) is 16.8 Å². The van der Waals surface area contributed by atoms with E-state index in [1.165, 1.54) is 18.2 Å². The quantitative estimate of drug-likeness (QED) is 0.816. The summed E-state index contributed by atoms with van der Waals surface area (Å²) in [5.74, 6) is -1.60. The Kier molecular flexibility index (Phi) is 5.03. The first-order chi connectivity index (χ1) is 11.9. The molecule has 25 heavy (non-hydrogen) atoms. The number of aromatic nitrogens is 1. The summed E-state index contributed by atoms with van der Waals surface area (Å²) < 4.78 is 26.4. The van der Waals surface area contributed by atoms with E-state index < -0.39 is 11.6 Å². The molecule has 5 nitrogen and oxygen atoms in total. The predicted molar refractivity (Wildman–Crippen MR) is 92.7 cm³/mol. The molecule has 0 radical (unpaired) electrons. The average molecular weight is 367 g/mol. The fraction of sp³-hybridized carbons (Fsp3) is 0.294. The average Bonchev–Trinajstić information content (AvgIpc) is 3.03. The molecule has 132 valence electrons. The first-order valence-electron chi connectivity index (χ1n) is 7.83. The third kappa shape index (κ3) is 4.17.